The van der Waals surface area contributed by atoms with Crippen LogP contribution in [0.15, 0.2) is 4.47 Å². The van der Waals surface area contributed by atoms with Crippen LogP contribution in [0.4, 0.5) is 0 Å². The third-order valence-corrected chi connectivity index (χ3v) is 5.16. The van der Waals surface area contributed by atoms with E-state index >= 15 is 0 Å². The first-order valence-corrected chi connectivity index (χ1v) is 8.34. The smallest absolute Gasteiger partial charge is 0.0738 e. The molecule has 1 atom stereocenters. The molecular weight excluding hydrogens is 312 g/mol. The number of nitrogens with one attached hydrogen (secondary N) is 1. The van der Waals surface area contributed by atoms with Crippen LogP contribution < -0.4 is 11.3 Å². The van der Waals surface area contributed by atoms with Gasteiger partial charge in [0.05, 0.1) is 15.9 Å². The number of thioether (sulfide) groups is 1. The van der Waals surface area contributed by atoms with Crippen molar-refractivity contribution in [2.24, 2.45) is 5.84 Å². The minimum absolute atomic E-state index is 0.291. The van der Waals surface area contributed by atoms with E-state index in [9.17, 15) is 0 Å². The van der Waals surface area contributed by atoms with Gasteiger partial charge in [-0.1, -0.05) is 6.92 Å². The highest BCUT2D eigenvalue weighted by Crippen LogP contribution is 2.23. The number of hydrogen-bond acceptors (Lipinski definition) is 4. The molecule has 0 aliphatic rings. The molecule has 0 amide bonds. The van der Waals surface area contributed by atoms with E-state index < -0.39 is 0 Å². The van der Waals surface area contributed by atoms with E-state index in [0.717, 1.165) is 28.9 Å². The fourth-order valence-corrected chi connectivity index (χ4v) is 3.23. The molecule has 18 heavy (non-hydrogen) atoms. The quantitative estimate of drug-likeness (QED) is 0.435. The topological polar surface area (TPSA) is 55.9 Å². The van der Waals surface area contributed by atoms with Crippen molar-refractivity contribution in [1.29, 1.82) is 0 Å². The van der Waals surface area contributed by atoms with E-state index in [2.05, 4.69) is 40.3 Å². The van der Waals surface area contributed by atoms with Crippen molar-refractivity contribution in [2.45, 2.75) is 46.2 Å². The standard InChI is InChI=1S/C12H23BrN4S/c1-4-6-18-8-10(15-14)7-11-12(13)9(3)16-17(11)5-2/h10,15H,4-8,14H2,1-3H3. The predicted molar refractivity (Wildman–Crippen MR) is 82.8 cm³/mol. The average Bonchev–Trinajstić information content (AvgIpc) is 2.65. The zero-order valence-corrected chi connectivity index (χ0v) is 13.8. The number of nitrogens with two attached hydrogens (primary N) is 1. The van der Waals surface area contributed by atoms with Crippen molar-refractivity contribution in [3.05, 3.63) is 15.9 Å². The Morgan fingerprint density at radius 1 is 1.50 bits per heavy atom. The monoisotopic (exact) mass is 334 g/mol. The molecule has 1 aromatic rings. The van der Waals surface area contributed by atoms with Gasteiger partial charge in [0.15, 0.2) is 0 Å². The lowest BCUT2D eigenvalue weighted by molar-refractivity contribution is 0.533. The lowest BCUT2D eigenvalue weighted by Gasteiger charge is -2.16. The number of aryl methyl sites for hydroxylation is 2. The van der Waals surface area contributed by atoms with Gasteiger partial charge < -0.3 is 0 Å². The summed E-state index contributed by atoms with van der Waals surface area (Å²) in [6.45, 7) is 7.22. The van der Waals surface area contributed by atoms with E-state index in [-0.39, 0.29) is 0 Å². The van der Waals surface area contributed by atoms with E-state index in [1.54, 1.807) is 0 Å². The van der Waals surface area contributed by atoms with Crippen LogP contribution in [0.3, 0.4) is 0 Å². The van der Waals surface area contributed by atoms with Gasteiger partial charge in [-0.25, -0.2) is 0 Å². The number of hydrogen-bond donors (Lipinski definition) is 2. The highest BCUT2D eigenvalue weighted by molar-refractivity contribution is 9.10. The van der Waals surface area contributed by atoms with Gasteiger partial charge in [-0.15, -0.1) is 0 Å². The molecule has 1 heterocycles. The summed E-state index contributed by atoms with van der Waals surface area (Å²) < 4.78 is 3.17. The Morgan fingerprint density at radius 2 is 2.22 bits per heavy atom. The molecule has 0 aliphatic heterocycles. The van der Waals surface area contributed by atoms with E-state index in [0.29, 0.717) is 6.04 Å². The first-order valence-electron chi connectivity index (χ1n) is 6.39. The van der Waals surface area contributed by atoms with Gasteiger partial charge in [-0.3, -0.25) is 16.0 Å². The molecule has 1 unspecified atom stereocenters. The molecule has 0 spiro atoms. The minimum Gasteiger partial charge on any atom is -0.271 e. The van der Waals surface area contributed by atoms with Crippen LogP contribution in [0.1, 0.15) is 31.7 Å². The molecule has 1 rings (SSSR count). The van der Waals surface area contributed by atoms with Crippen molar-refractivity contribution < 1.29 is 0 Å². The third-order valence-electron chi connectivity index (χ3n) is 2.80. The molecule has 0 aromatic carbocycles. The largest absolute Gasteiger partial charge is 0.271 e. The molecule has 6 heteroatoms. The van der Waals surface area contributed by atoms with Gasteiger partial charge >= 0.3 is 0 Å². The number of hydrazine groups is 1. The van der Waals surface area contributed by atoms with Crippen molar-refractivity contribution in [3.8, 4) is 0 Å². The lowest BCUT2D eigenvalue weighted by Crippen LogP contribution is -2.39. The van der Waals surface area contributed by atoms with Gasteiger partial charge in [-0.05, 0) is 42.0 Å². The Labute approximate surface area is 122 Å². The minimum atomic E-state index is 0.291. The zero-order chi connectivity index (χ0) is 13.5. The molecule has 104 valence electrons. The molecule has 0 saturated heterocycles. The fraction of sp³-hybridized carbons (Fsp3) is 0.750. The van der Waals surface area contributed by atoms with Crippen LogP contribution in [-0.4, -0.2) is 27.3 Å². The molecule has 0 saturated carbocycles. The maximum absolute atomic E-state index is 5.64. The fourth-order valence-electron chi connectivity index (χ4n) is 1.83. The summed E-state index contributed by atoms with van der Waals surface area (Å²) in [6.07, 6.45) is 2.11. The average molecular weight is 335 g/mol. The molecule has 3 N–H and O–H groups in total. The van der Waals surface area contributed by atoms with Crippen molar-refractivity contribution in [2.75, 3.05) is 11.5 Å². The number of rotatable bonds is 8. The molecule has 0 fully saturated rings. The van der Waals surface area contributed by atoms with Crippen molar-refractivity contribution in [1.82, 2.24) is 15.2 Å². The molecule has 1 aromatic heterocycles. The Hall–Kier alpha value is -0.0400. The van der Waals surface area contributed by atoms with Gasteiger partial charge in [0.25, 0.3) is 0 Å². The maximum Gasteiger partial charge on any atom is 0.0738 e. The van der Waals surface area contributed by atoms with Crippen LogP contribution in [-0.2, 0) is 13.0 Å². The summed E-state index contributed by atoms with van der Waals surface area (Å²) in [6, 6.07) is 0.291. The summed E-state index contributed by atoms with van der Waals surface area (Å²) in [7, 11) is 0. The summed E-state index contributed by atoms with van der Waals surface area (Å²) >= 11 is 5.57. The van der Waals surface area contributed by atoms with E-state index in [1.165, 1.54) is 17.9 Å². The summed E-state index contributed by atoms with van der Waals surface area (Å²) in [5.74, 6) is 7.86. The summed E-state index contributed by atoms with van der Waals surface area (Å²) in [4.78, 5) is 0. The molecule has 4 nitrogen and oxygen atoms in total. The van der Waals surface area contributed by atoms with Crippen LogP contribution in [0.25, 0.3) is 0 Å². The highest BCUT2D eigenvalue weighted by Gasteiger charge is 2.16. The van der Waals surface area contributed by atoms with Crippen LogP contribution in [0.5, 0.6) is 0 Å². The predicted octanol–water partition coefficient (Wildman–Crippen LogP) is 2.49. The van der Waals surface area contributed by atoms with Crippen molar-refractivity contribution >= 4 is 27.7 Å². The second kappa shape index (κ2) is 8.19. The Bertz CT molecular complexity index is 367. The second-order valence-corrected chi connectivity index (χ2v) is 6.25. The van der Waals surface area contributed by atoms with Gasteiger partial charge in [-0.2, -0.15) is 16.9 Å². The molecule has 0 bridgehead atoms. The lowest BCUT2D eigenvalue weighted by atomic mass is 10.2. The molecular formula is C12H23BrN4S. The van der Waals surface area contributed by atoms with Gasteiger partial charge in [0, 0.05) is 24.8 Å². The first-order chi connectivity index (χ1) is 8.63. The first kappa shape index (κ1) is 16.0. The second-order valence-electron chi connectivity index (χ2n) is 4.30. The highest BCUT2D eigenvalue weighted by atomic mass is 79.9. The van der Waals surface area contributed by atoms with Crippen LogP contribution in [0, 0.1) is 6.92 Å². The summed E-state index contributed by atoms with van der Waals surface area (Å²) in [5.41, 5.74) is 5.19. The van der Waals surface area contributed by atoms with E-state index in [4.69, 9.17) is 5.84 Å². The Balaban J connectivity index is 2.68. The number of nitrogens with zero attached hydrogens (tertiary/aromatic N) is 2. The number of aromatic nitrogens is 2. The van der Waals surface area contributed by atoms with Gasteiger partial charge in [0.1, 0.15) is 0 Å². The summed E-state index contributed by atoms with van der Waals surface area (Å²) in [5, 5.41) is 4.51. The zero-order valence-electron chi connectivity index (χ0n) is 11.4. The normalized spacial score (nSPS) is 12.9. The Morgan fingerprint density at radius 3 is 2.78 bits per heavy atom. The maximum atomic E-state index is 5.64. The van der Waals surface area contributed by atoms with Crippen LogP contribution >= 0.6 is 27.7 Å². The van der Waals surface area contributed by atoms with Crippen molar-refractivity contribution in [3.63, 3.8) is 0 Å². The molecule has 0 radical (unpaired) electrons. The van der Waals surface area contributed by atoms with Crippen LogP contribution in [0.2, 0.25) is 0 Å². The third kappa shape index (κ3) is 4.26. The van der Waals surface area contributed by atoms with Gasteiger partial charge in [0.2, 0.25) is 0 Å². The SMILES string of the molecule is CCCSCC(Cc1c(Br)c(C)nn1CC)NN. The molecule has 0 aliphatic carbocycles. The Kier molecular flexibility index (Phi) is 7.29. The number of halogens is 1. The van der Waals surface area contributed by atoms with E-state index in [1.807, 2.05) is 23.4 Å².